The largest absolute Gasteiger partial charge is 0.463 e. The summed E-state index contributed by atoms with van der Waals surface area (Å²) in [6.07, 6.45) is 0. The minimum absolute atomic E-state index is 0.207. The number of esters is 1. The van der Waals surface area contributed by atoms with Gasteiger partial charge in [-0.15, -0.1) is 11.3 Å². The van der Waals surface area contributed by atoms with E-state index in [9.17, 15) is 9.59 Å². The lowest BCUT2D eigenvalue weighted by Crippen LogP contribution is -2.46. The van der Waals surface area contributed by atoms with Crippen LogP contribution in [0.4, 0.5) is 10.6 Å². The van der Waals surface area contributed by atoms with E-state index in [2.05, 4.69) is 20.6 Å². The fraction of sp³-hybridized carbons (Fsp3) is 0.200. The molecule has 4 rings (SSSR count). The Bertz CT molecular complexity index is 1180. The maximum absolute atomic E-state index is 12.8. The third-order valence-electron chi connectivity index (χ3n) is 4.53. The van der Waals surface area contributed by atoms with Gasteiger partial charge in [-0.3, -0.25) is 0 Å². The fourth-order valence-electron chi connectivity index (χ4n) is 3.15. The molecule has 31 heavy (non-hydrogen) atoms. The number of nitrogens with zero attached hydrogens (tertiary/aromatic N) is 2. The maximum atomic E-state index is 12.8. The number of halogens is 1. The predicted molar refractivity (Wildman–Crippen MR) is 122 cm³/mol. The quantitative estimate of drug-likeness (QED) is 0.281. The van der Waals surface area contributed by atoms with Crippen LogP contribution < -0.4 is 16.4 Å². The number of anilines is 1. The van der Waals surface area contributed by atoms with Crippen LogP contribution in [-0.4, -0.2) is 34.3 Å². The summed E-state index contributed by atoms with van der Waals surface area (Å²) in [5.41, 5.74) is 7.49. The van der Waals surface area contributed by atoms with Crippen LogP contribution >= 0.6 is 34.7 Å². The molecule has 3 heterocycles. The van der Waals surface area contributed by atoms with Gasteiger partial charge in [-0.25, -0.2) is 19.6 Å². The Kier molecular flexibility index (Phi) is 6.30. The number of nitrogens with one attached hydrogen (secondary N) is 2. The number of amides is 2. The van der Waals surface area contributed by atoms with Crippen molar-refractivity contribution in [3.8, 4) is 0 Å². The van der Waals surface area contributed by atoms with Crippen LogP contribution in [0.5, 0.6) is 0 Å². The Morgan fingerprint density at radius 1 is 1.29 bits per heavy atom. The number of carbonyl (C=O) groups excluding carboxylic acids is 2. The topological polar surface area (TPSA) is 119 Å². The number of nitrogen functional groups attached to an aromatic ring is 1. The van der Waals surface area contributed by atoms with Gasteiger partial charge < -0.3 is 21.1 Å². The number of rotatable bonds is 6. The van der Waals surface area contributed by atoms with Crippen LogP contribution in [0.2, 0.25) is 5.02 Å². The fourth-order valence-corrected chi connectivity index (χ4v) is 4.92. The molecular weight excluding hydrogens is 458 g/mol. The van der Waals surface area contributed by atoms with Crippen LogP contribution in [-0.2, 0) is 9.53 Å². The van der Waals surface area contributed by atoms with E-state index in [-0.39, 0.29) is 12.4 Å². The summed E-state index contributed by atoms with van der Waals surface area (Å²) in [6.45, 7) is 1.94. The molecule has 1 aromatic carbocycles. The van der Waals surface area contributed by atoms with Crippen LogP contribution in [0.25, 0.3) is 10.2 Å². The number of hydrogen-bond acceptors (Lipinski definition) is 8. The Morgan fingerprint density at radius 3 is 2.81 bits per heavy atom. The Balaban J connectivity index is 1.68. The van der Waals surface area contributed by atoms with Gasteiger partial charge >= 0.3 is 12.0 Å². The molecule has 11 heteroatoms. The number of benzene rings is 1. The first kappa shape index (κ1) is 21.4. The molecular formula is C20H18ClN5O3S2. The van der Waals surface area contributed by atoms with E-state index in [1.54, 1.807) is 31.2 Å². The molecule has 0 saturated heterocycles. The number of fused-ring (bicyclic) bond motifs is 1. The van der Waals surface area contributed by atoms with Crippen molar-refractivity contribution >= 4 is 62.7 Å². The Hall–Kier alpha value is -2.82. The number of thiophene rings is 1. The number of carbonyl (C=O) groups is 2. The van der Waals surface area contributed by atoms with Gasteiger partial charge in [0.1, 0.15) is 10.6 Å². The lowest BCUT2D eigenvalue weighted by atomic mass is 9.95. The minimum Gasteiger partial charge on any atom is -0.463 e. The Morgan fingerprint density at radius 2 is 2.06 bits per heavy atom. The molecule has 3 aromatic rings. The van der Waals surface area contributed by atoms with E-state index in [0.29, 0.717) is 32.8 Å². The summed E-state index contributed by atoms with van der Waals surface area (Å²) < 4.78 is 5.27. The SMILES string of the molecule is CCOC(=O)C1=C(CSc2nc(N)c3ccsc3n2)NC(=O)NC1c1ccc(Cl)cc1. The van der Waals surface area contributed by atoms with Crippen molar-refractivity contribution in [3.63, 3.8) is 0 Å². The van der Waals surface area contributed by atoms with Crippen molar-refractivity contribution in [2.24, 2.45) is 0 Å². The summed E-state index contributed by atoms with van der Waals surface area (Å²) in [6, 6.07) is 7.71. The van der Waals surface area contributed by atoms with Gasteiger partial charge in [0.25, 0.3) is 0 Å². The lowest BCUT2D eigenvalue weighted by Gasteiger charge is -2.29. The van der Waals surface area contributed by atoms with Gasteiger partial charge in [0.15, 0.2) is 5.16 Å². The molecule has 2 amide bonds. The monoisotopic (exact) mass is 475 g/mol. The summed E-state index contributed by atoms with van der Waals surface area (Å²) in [7, 11) is 0. The van der Waals surface area contributed by atoms with Gasteiger partial charge in [0, 0.05) is 16.5 Å². The average molecular weight is 476 g/mol. The number of ether oxygens (including phenoxy) is 1. The third-order valence-corrected chi connectivity index (χ3v) is 6.46. The van der Waals surface area contributed by atoms with Crippen LogP contribution in [0, 0.1) is 0 Å². The third kappa shape index (κ3) is 4.60. The number of urea groups is 1. The van der Waals surface area contributed by atoms with E-state index >= 15 is 0 Å². The second-order valence-corrected chi connectivity index (χ2v) is 8.79. The van der Waals surface area contributed by atoms with E-state index in [4.69, 9.17) is 22.1 Å². The second-order valence-electron chi connectivity index (χ2n) is 6.52. The van der Waals surface area contributed by atoms with Gasteiger partial charge in [-0.1, -0.05) is 35.5 Å². The van der Waals surface area contributed by atoms with Gasteiger partial charge in [0.2, 0.25) is 0 Å². The molecule has 2 aromatic heterocycles. The zero-order valence-electron chi connectivity index (χ0n) is 16.3. The lowest BCUT2D eigenvalue weighted by molar-refractivity contribution is -0.139. The molecule has 1 aliphatic rings. The van der Waals surface area contributed by atoms with Crippen LogP contribution in [0.3, 0.4) is 0 Å². The molecule has 0 bridgehead atoms. The maximum Gasteiger partial charge on any atom is 0.338 e. The highest BCUT2D eigenvalue weighted by Crippen LogP contribution is 2.32. The smallest absolute Gasteiger partial charge is 0.338 e. The summed E-state index contributed by atoms with van der Waals surface area (Å²) in [5.74, 6) is 0.128. The standard InChI is InChI=1S/C20H18ClN5O3S2/c1-2-29-18(27)14-13(9-31-20-25-16(22)12-7-8-30-17(12)26-20)23-19(28)24-15(14)10-3-5-11(21)6-4-10/h3-8,15H,2,9H2,1H3,(H2,22,25,26)(H2,23,24,28). The van der Waals surface area contributed by atoms with Crippen LogP contribution in [0.15, 0.2) is 52.1 Å². The molecule has 0 spiro atoms. The summed E-state index contributed by atoms with van der Waals surface area (Å²) in [5, 5.41) is 9.24. The van der Waals surface area contributed by atoms with Crippen molar-refractivity contribution in [1.29, 1.82) is 0 Å². The van der Waals surface area contributed by atoms with Crippen molar-refractivity contribution < 1.29 is 14.3 Å². The number of aromatic nitrogens is 2. The highest BCUT2D eigenvalue weighted by atomic mass is 35.5. The van der Waals surface area contributed by atoms with Crippen molar-refractivity contribution in [2.75, 3.05) is 18.1 Å². The van der Waals surface area contributed by atoms with Crippen molar-refractivity contribution in [1.82, 2.24) is 20.6 Å². The average Bonchev–Trinajstić information content (AvgIpc) is 3.22. The van der Waals surface area contributed by atoms with E-state index in [0.717, 1.165) is 10.2 Å². The normalized spacial score (nSPS) is 16.2. The molecule has 1 aliphatic heterocycles. The van der Waals surface area contributed by atoms with E-state index in [1.807, 2.05) is 11.4 Å². The molecule has 0 saturated carbocycles. The van der Waals surface area contributed by atoms with Gasteiger partial charge in [0.05, 0.1) is 23.6 Å². The highest BCUT2D eigenvalue weighted by Gasteiger charge is 2.33. The number of thioether (sulfide) groups is 1. The summed E-state index contributed by atoms with van der Waals surface area (Å²) in [4.78, 5) is 34.8. The molecule has 1 unspecified atom stereocenters. The molecule has 8 nitrogen and oxygen atoms in total. The number of nitrogens with two attached hydrogens (primary N) is 1. The molecule has 1 atom stereocenters. The molecule has 160 valence electrons. The van der Waals surface area contributed by atoms with Crippen molar-refractivity contribution in [2.45, 2.75) is 18.1 Å². The molecule has 4 N–H and O–H groups in total. The molecule has 0 radical (unpaired) electrons. The van der Waals surface area contributed by atoms with E-state index in [1.165, 1.54) is 23.1 Å². The Labute approximate surface area is 191 Å². The summed E-state index contributed by atoms with van der Waals surface area (Å²) >= 11 is 8.73. The zero-order valence-corrected chi connectivity index (χ0v) is 18.7. The molecule has 0 aliphatic carbocycles. The highest BCUT2D eigenvalue weighted by molar-refractivity contribution is 7.99. The molecule has 0 fully saturated rings. The second kappa shape index (κ2) is 9.13. The first-order valence-corrected chi connectivity index (χ1v) is 11.6. The van der Waals surface area contributed by atoms with Gasteiger partial charge in [-0.2, -0.15) is 0 Å². The number of hydrogen-bond donors (Lipinski definition) is 3. The van der Waals surface area contributed by atoms with Crippen LogP contribution in [0.1, 0.15) is 18.5 Å². The predicted octanol–water partition coefficient (Wildman–Crippen LogP) is 3.89. The van der Waals surface area contributed by atoms with Gasteiger partial charge in [-0.05, 0) is 36.1 Å². The van der Waals surface area contributed by atoms with E-state index < -0.39 is 18.0 Å². The zero-order chi connectivity index (χ0) is 22.0. The first-order valence-electron chi connectivity index (χ1n) is 9.33. The minimum atomic E-state index is -0.675. The van der Waals surface area contributed by atoms with Crippen molar-refractivity contribution in [3.05, 3.63) is 57.6 Å². The first-order chi connectivity index (χ1) is 15.0.